The molecular weight excluding hydrogens is 250 g/mol. The Bertz CT molecular complexity index is 393. The fourth-order valence-corrected chi connectivity index (χ4v) is 2.13. The maximum absolute atomic E-state index is 5.94. The van der Waals surface area contributed by atoms with E-state index in [0.29, 0.717) is 11.8 Å². The molecule has 0 radical (unpaired) electrons. The lowest BCUT2D eigenvalue weighted by atomic mass is 10.1. The Kier molecular flexibility index (Phi) is 7.34. The fourth-order valence-electron chi connectivity index (χ4n) is 2.13. The highest BCUT2D eigenvalue weighted by Crippen LogP contribution is 2.18. The van der Waals surface area contributed by atoms with Crippen LogP contribution in [-0.4, -0.2) is 22.6 Å². The molecule has 4 heteroatoms. The van der Waals surface area contributed by atoms with Gasteiger partial charge in [0.1, 0.15) is 11.6 Å². The number of nitrogens with zero attached hydrogens (tertiary/aromatic N) is 2. The third-order valence-electron chi connectivity index (χ3n) is 2.90. The summed E-state index contributed by atoms with van der Waals surface area (Å²) in [6.07, 6.45) is 4.21. The maximum Gasteiger partial charge on any atom is 0.218 e. The van der Waals surface area contributed by atoms with Gasteiger partial charge in [0.05, 0.1) is 6.10 Å². The van der Waals surface area contributed by atoms with Crippen molar-refractivity contribution >= 4 is 5.82 Å². The smallest absolute Gasteiger partial charge is 0.218 e. The third kappa shape index (κ3) is 6.22. The zero-order chi connectivity index (χ0) is 15.0. The van der Waals surface area contributed by atoms with E-state index in [1.54, 1.807) is 0 Å². The zero-order valence-electron chi connectivity index (χ0n) is 13.6. The number of ether oxygens (including phenoxy) is 1. The summed E-state index contributed by atoms with van der Waals surface area (Å²) in [4.78, 5) is 9.03. The van der Waals surface area contributed by atoms with Gasteiger partial charge in [-0.05, 0) is 32.1 Å². The SMILES string of the molecule is CCCNc1cc(OC(C)CC(C)C)nc(CCC)n1. The van der Waals surface area contributed by atoms with Gasteiger partial charge in [0.2, 0.25) is 5.88 Å². The van der Waals surface area contributed by atoms with Crippen LogP contribution < -0.4 is 10.1 Å². The minimum atomic E-state index is 0.179. The lowest BCUT2D eigenvalue weighted by Crippen LogP contribution is -2.16. The van der Waals surface area contributed by atoms with E-state index in [2.05, 4.69) is 49.9 Å². The first-order valence-corrected chi connectivity index (χ1v) is 7.83. The van der Waals surface area contributed by atoms with Crippen molar-refractivity contribution in [3.63, 3.8) is 0 Å². The molecule has 0 aromatic carbocycles. The summed E-state index contributed by atoms with van der Waals surface area (Å²) < 4.78 is 5.94. The molecule has 0 aliphatic heterocycles. The Morgan fingerprint density at radius 2 is 1.90 bits per heavy atom. The second-order valence-electron chi connectivity index (χ2n) is 5.74. The molecule has 0 spiro atoms. The quantitative estimate of drug-likeness (QED) is 0.740. The highest BCUT2D eigenvalue weighted by Gasteiger charge is 2.10. The summed E-state index contributed by atoms with van der Waals surface area (Å²) in [6, 6.07) is 1.91. The summed E-state index contributed by atoms with van der Waals surface area (Å²) in [5.74, 6) is 3.05. The van der Waals surface area contributed by atoms with Gasteiger partial charge < -0.3 is 10.1 Å². The summed E-state index contributed by atoms with van der Waals surface area (Å²) >= 11 is 0. The second-order valence-corrected chi connectivity index (χ2v) is 5.74. The Balaban J connectivity index is 2.79. The van der Waals surface area contributed by atoms with E-state index >= 15 is 0 Å². The molecule has 1 aromatic rings. The van der Waals surface area contributed by atoms with E-state index < -0.39 is 0 Å². The maximum atomic E-state index is 5.94. The molecule has 0 saturated carbocycles. The molecule has 0 aliphatic rings. The van der Waals surface area contributed by atoms with E-state index in [1.807, 2.05) is 6.07 Å². The van der Waals surface area contributed by atoms with E-state index in [0.717, 1.165) is 43.9 Å². The van der Waals surface area contributed by atoms with Crippen LogP contribution in [0.2, 0.25) is 0 Å². The van der Waals surface area contributed by atoms with Crippen LogP contribution in [0.3, 0.4) is 0 Å². The number of aromatic nitrogens is 2. The molecule has 0 fully saturated rings. The molecule has 20 heavy (non-hydrogen) atoms. The van der Waals surface area contributed by atoms with Crippen molar-refractivity contribution in [3.05, 3.63) is 11.9 Å². The van der Waals surface area contributed by atoms with Crippen molar-refractivity contribution in [1.29, 1.82) is 0 Å². The molecule has 1 aromatic heterocycles. The largest absolute Gasteiger partial charge is 0.474 e. The van der Waals surface area contributed by atoms with E-state index in [1.165, 1.54) is 0 Å². The minimum Gasteiger partial charge on any atom is -0.474 e. The van der Waals surface area contributed by atoms with Crippen LogP contribution in [0.1, 0.15) is 59.7 Å². The predicted octanol–water partition coefficient (Wildman–Crippen LogP) is 4.06. The van der Waals surface area contributed by atoms with Crippen LogP contribution in [0, 0.1) is 5.92 Å². The minimum absolute atomic E-state index is 0.179. The highest BCUT2D eigenvalue weighted by atomic mass is 16.5. The van der Waals surface area contributed by atoms with E-state index in [4.69, 9.17) is 4.74 Å². The summed E-state index contributed by atoms with van der Waals surface area (Å²) in [6.45, 7) is 11.7. The van der Waals surface area contributed by atoms with Crippen LogP contribution in [-0.2, 0) is 6.42 Å². The Hall–Kier alpha value is -1.32. The average molecular weight is 279 g/mol. The van der Waals surface area contributed by atoms with Gasteiger partial charge in [-0.2, -0.15) is 4.98 Å². The summed E-state index contributed by atoms with van der Waals surface area (Å²) in [5, 5.41) is 3.32. The molecule has 1 atom stereocenters. The van der Waals surface area contributed by atoms with Crippen LogP contribution in [0.4, 0.5) is 5.82 Å². The van der Waals surface area contributed by atoms with Gasteiger partial charge in [0.15, 0.2) is 0 Å². The molecule has 0 amide bonds. The third-order valence-corrected chi connectivity index (χ3v) is 2.90. The normalized spacial score (nSPS) is 12.5. The van der Waals surface area contributed by atoms with E-state index in [-0.39, 0.29) is 6.10 Å². The summed E-state index contributed by atoms with van der Waals surface area (Å²) in [5.41, 5.74) is 0. The fraction of sp³-hybridized carbons (Fsp3) is 0.750. The van der Waals surface area contributed by atoms with Gasteiger partial charge in [0.25, 0.3) is 0 Å². The first kappa shape index (κ1) is 16.7. The van der Waals surface area contributed by atoms with Gasteiger partial charge in [0, 0.05) is 19.0 Å². The van der Waals surface area contributed by atoms with Crippen LogP contribution in [0.15, 0.2) is 6.07 Å². The lowest BCUT2D eigenvalue weighted by Gasteiger charge is -2.17. The number of hydrogen-bond acceptors (Lipinski definition) is 4. The van der Waals surface area contributed by atoms with Gasteiger partial charge in [-0.25, -0.2) is 4.98 Å². The van der Waals surface area contributed by atoms with Crippen molar-refractivity contribution in [1.82, 2.24) is 9.97 Å². The topological polar surface area (TPSA) is 47.0 Å². The van der Waals surface area contributed by atoms with Gasteiger partial charge in [-0.3, -0.25) is 0 Å². The molecule has 0 bridgehead atoms. The van der Waals surface area contributed by atoms with Crippen LogP contribution >= 0.6 is 0 Å². The number of rotatable bonds is 9. The molecule has 0 aliphatic carbocycles. The highest BCUT2D eigenvalue weighted by molar-refractivity contribution is 5.38. The zero-order valence-corrected chi connectivity index (χ0v) is 13.6. The van der Waals surface area contributed by atoms with Crippen molar-refractivity contribution in [2.24, 2.45) is 5.92 Å². The molecular formula is C16H29N3O. The molecule has 1 N–H and O–H groups in total. The predicted molar refractivity (Wildman–Crippen MR) is 84.4 cm³/mol. The van der Waals surface area contributed by atoms with Crippen LogP contribution in [0.5, 0.6) is 5.88 Å². The Morgan fingerprint density at radius 1 is 1.15 bits per heavy atom. The van der Waals surface area contributed by atoms with Gasteiger partial charge >= 0.3 is 0 Å². The molecule has 114 valence electrons. The first-order valence-electron chi connectivity index (χ1n) is 7.83. The summed E-state index contributed by atoms with van der Waals surface area (Å²) in [7, 11) is 0. The molecule has 1 rings (SSSR count). The van der Waals surface area contributed by atoms with Crippen molar-refractivity contribution in [2.75, 3.05) is 11.9 Å². The van der Waals surface area contributed by atoms with Crippen molar-refractivity contribution < 1.29 is 4.74 Å². The Morgan fingerprint density at radius 3 is 2.50 bits per heavy atom. The first-order chi connectivity index (χ1) is 9.55. The number of hydrogen-bond donors (Lipinski definition) is 1. The molecule has 1 heterocycles. The number of aryl methyl sites for hydroxylation is 1. The number of anilines is 1. The standard InChI is InChI=1S/C16H29N3O/c1-6-8-14-18-15(17-9-7-2)11-16(19-14)20-13(5)10-12(3)4/h11-13H,6-10H2,1-5H3,(H,17,18,19). The number of nitrogens with one attached hydrogen (secondary N) is 1. The van der Waals surface area contributed by atoms with E-state index in [9.17, 15) is 0 Å². The molecule has 0 saturated heterocycles. The molecule has 4 nitrogen and oxygen atoms in total. The van der Waals surface area contributed by atoms with Gasteiger partial charge in [-0.15, -0.1) is 0 Å². The van der Waals surface area contributed by atoms with Crippen molar-refractivity contribution in [3.8, 4) is 5.88 Å². The monoisotopic (exact) mass is 279 g/mol. The molecule has 1 unspecified atom stereocenters. The lowest BCUT2D eigenvalue weighted by molar-refractivity contribution is 0.185. The van der Waals surface area contributed by atoms with Crippen molar-refractivity contribution in [2.45, 2.75) is 66.4 Å². The average Bonchev–Trinajstić information content (AvgIpc) is 2.35. The Labute approximate surface area is 123 Å². The second kappa shape index (κ2) is 8.77. The van der Waals surface area contributed by atoms with Gasteiger partial charge in [-0.1, -0.05) is 27.7 Å². The van der Waals surface area contributed by atoms with Crippen LogP contribution in [0.25, 0.3) is 0 Å².